The first-order valence-corrected chi connectivity index (χ1v) is 4.96. The monoisotopic (exact) mass is 268 g/mol. The Morgan fingerprint density at radius 3 is 2.42 bits per heavy atom. The third-order valence-corrected chi connectivity index (χ3v) is 2.11. The second kappa shape index (κ2) is 5.93. The van der Waals surface area contributed by atoms with Crippen molar-refractivity contribution in [2.45, 2.75) is 0 Å². The lowest BCUT2D eigenvalue weighted by Crippen LogP contribution is -2.33. The first-order valence-electron chi connectivity index (χ1n) is 4.96. The number of carboxylic acids is 1. The van der Waals surface area contributed by atoms with Crippen LogP contribution in [0.5, 0.6) is 0 Å². The van der Waals surface area contributed by atoms with E-state index in [9.17, 15) is 19.7 Å². The van der Waals surface area contributed by atoms with Crippen LogP contribution >= 0.6 is 0 Å². The van der Waals surface area contributed by atoms with Gasteiger partial charge in [-0.3, -0.25) is 19.7 Å². The highest BCUT2D eigenvalue weighted by Crippen LogP contribution is 2.12. The topological polar surface area (TPSA) is 150 Å². The van der Waals surface area contributed by atoms with Gasteiger partial charge in [-0.2, -0.15) is 0 Å². The fourth-order valence-electron chi connectivity index (χ4n) is 1.28. The maximum atomic E-state index is 11.5. The SMILES string of the molecule is O=C(O)CNC(=O)c1cc(B(O)O)cc([N+](=O)[O-])c1. The molecule has 19 heavy (non-hydrogen) atoms. The summed E-state index contributed by atoms with van der Waals surface area (Å²) in [5, 5.41) is 39.0. The largest absolute Gasteiger partial charge is 0.488 e. The Hall–Kier alpha value is -2.46. The molecule has 0 spiro atoms. The number of non-ortho nitro benzene ring substituents is 1. The number of nitro groups is 1. The van der Waals surface area contributed by atoms with Crippen molar-refractivity contribution < 1.29 is 29.7 Å². The van der Waals surface area contributed by atoms with Crippen LogP contribution in [0.25, 0.3) is 0 Å². The van der Waals surface area contributed by atoms with Crippen LogP contribution in [0.3, 0.4) is 0 Å². The van der Waals surface area contributed by atoms with E-state index in [-0.39, 0.29) is 11.0 Å². The van der Waals surface area contributed by atoms with Crippen molar-refractivity contribution in [2.75, 3.05) is 6.54 Å². The lowest BCUT2D eigenvalue weighted by atomic mass is 9.79. The number of carboxylic acid groups (broad SMARTS) is 1. The van der Waals surface area contributed by atoms with Crippen LogP contribution in [-0.2, 0) is 4.79 Å². The van der Waals surface area contributed by atoms with E-state index in [0.717, 1.165) is 18.2 Å². The van der Waals surface area contributed by atoms with Crippen molar-refractivity contribution in [2.24, 2.45) is 0 Å². The van der Waals surface area contributed by atoms with Crippen LogP contribution < -0.4 is 10.8 Å². The molecule has 0 bridgehead atoms. The third kappa shape index (κ3) is 4.05. The van der Waals surface area contributed by atoms with E-state index < -0.39 is 36.2 Å². The van der Waals surface area contributed by atoms with Crippen molar-refractivity contribution in [3.63, 3.8) is 0 Å². The van der Waals surface area contributed by atoms with Gasteiger partial charge in [-0.15, -0.1) is 0 Å². The maximum Gasteiger partial charge on any atom is 0.488 e. The molecule has 4 N–H and O–H groups in total. The van der Waals surface area contributed by atoms with Gasteiger partial charge in [0.05, 0.1) is 4.92 Å². The highest BCUT2D eigenvalue weighted by atomic mass is 16.6. The number of aliphatic carboxylic acids is 1. The van der Waals surface area contributed by atoms with Gasteiger partial charge in [-0.1, -0.05) is 0 Å². The third-order valence-electron chi connectivity index (χ3n) is 2.11. The molecule has 1 aromatic rings. The average molecular weight is 268 g/mol. The minimum atomic E-state index is -1.98. The zero-order chi connectivity index (χ0) is 14.6. The van der Waals surface area contributed by atoms with Gasteiger partial charge in [0.25, 0.3) is 11.6 Å². The molecule has 0 fully saturated rings. The summed E-state index contributed by atoms with van der Waals surface area (Å²) >= 11 is 0. The summed E-state index contributed by atoms with van der Waals surface area (Å²) in [6.07, 6.45) is 0. The summed E-state index contributed by atoms with van der Waals surface area (Å²) in [6.45, 7) is -0.654. The van der Waals surface area contributed by atoms with Crippen molar-refractivity contribution in [3.05, 3.63) is 33.9 Å². The number of benzene rings is 1. The van der Waals surface area contributed by atoms with Gasteiger partial charge in [0, 0.05) is 17.7 Å². The number of nitrogens with one attached hydrogen (secondary N) is 1. The van der Waals surface area contributed by atoms with E-state index in [1.165, 1.54) is 0 Å². The van der Waals surface area contributed by atoms with Gasteiger partial charge in [0.15, 0.2) is 0 Å². The Labute approximate surface area is 106 Å². The first-order chi connectivity index (χ1) is 8.81. The van der Waals surface area contributed by atoms with Crippen LogP contribution in [0, 0.1) is 10.1 Å². The smallest absolute Gasteiger partial charge is 0.480 e. The summed E-state index contributed by atoms with van der Waals surface area (Å²) in [5.74, 6) is -2.14. The van der Waals surface area contributed by atoms with E-state index in [2.05, 4.69) is 0 Å². The zero-order valence-corrected chi connectivity index (χ0v) is 9.44. The molecule has 0 radical (unpaired) electrons. The highest BCUT2D eigenvalue weighted by molar-refractivity contribution is 6.58. The van der Waals surface area contributed by atoms with Crippen molar-refractivity contribution >= 4 is 30.1 Å². The molecule has 0 atom stereocenters. The van der Waals surface area contributed by atoms with E-state index in [1.54, 1.807) is 0 Å². The van der Waals surface area contributed by atoms with E-state index in [0.29, 0.717) is 0 Å². The Bertz CT molecular complexity index is 531. The molecule has 0 aliphatic rings. The van der Waals surface area contributed by atoms with Gasteiger partial charge >= 0.3 is 13.1 Å². The van der Waals surface area contributed by atoms with Crippen LogP contribution in [-0.4, -0.2) is 45.6 Å². The predicted molar refractivity (Wildman–Crippen MR) is 62.9 cm³/mol. The Kier molecular flexibility index (Phi) is 4.56. The standard InChI is InChI=1S/C9H9BN2O7/c13-8(14)4-11-9(15)5-1-6(10(16)17)3-7(2-5)12(18)19/h1-3,16-17H,4H2,(H,11,15)(H,13,14). The maximum absolute atomic E-state index is 11.5. The molecular formula is C9H9BN2O7. The molecule has 1 rings (SSSR count). The fraction of sp³-hybridized carbons (Fsp3) is 0.111. The number of carbonyl (C=O) groups excluding carboxylic acids is 1. The summed E-state index contributed by atoms with van der Waals surface area (Å²) in [7, 11) is -1.98. The molecule has 0 aromatic heterocycles. The van der Waals surface area contributed by atoms with Crippen LogP contribution in [0.4, 0.5) is 5.69 Å². The van der Waals surface area contributed by atoms with Gasteiger partial charge in [-0.25, -0.2) is 0 Å². The van der Waals surface area contributed by atoms with E-state index >= 15 is 0 Å². The van der Waals surface area contributed by atoms with Gasteiger partial charge in [0.1, 0.15) is 6.54 Å². The van der Waals surface area contributed by atoms with Gasteiger partial charge in [-0.05, 0) is 11.5 Å². The molecule has 100 valence electrons. The number of nitrogens with zero attached hydrogens (tertiary/aromatic N) is 1. The number of hydrogen-bond donors (Lipinski definition) is 4. The quantitative estimate of drug-likeness (QED) is 0.276. The molecule has 1 amide bonds. The van der Waals surface area contributed by atoms with Crippen molar-refractivity contribution in [1.29, 1.82) is 0 Å². The summed E-state index contributed by atoms with van der Waals surface area (Å²) in [5.41, 5.74) is -0.987. The average Bonchev–Trinajstić information content (AvgIpc) is 2.35. The number of hydrogen-bond acceptors (Lipinski definition) is 6. The Morgan fingerprint density at radius 1 is 1.32 bits per heavy atom. The summed E-state index contributed by atoms with van der Waals surface area (Å²) in [4.78, 5) is 31.6. The van der Waals surface area contributed by atoms with Gasteiger partial charge in [0.2, 0.25) is 0 Å². The number of amides is 1. The molecule has 0 saturated heterocycles. The number of carbonyl (C=O) groups is 2. The molecule has 9 nitrogen and oxygen atoms in total. The molecule has 0 aliphatic carbocycles. The van der Waals surface area contributed by atoms with E-state index in [4.69, 9.17) is 15.2 Å². The highest BCUT2D eigenvalue weighted by Gasteiger charge is 2.20. The zero-order valence-electron chi connectivity index (χ0n) is 9.44. The second-order valence-corrected chi connectivity index (χ2v) is 3.52. The van der Waals surface area contributed by atoms with Crippen molar-refractivity contribution in [1.82, 2.24) is 5.32 Å². The molecular weight excluding hydrogens is 259 g/mol. The minimum absolute atomic E-state index is 0.237. The summed E-state index contributed by atoms with van der Waals surface area (Å²) in [6, 6.07) is 2.83. The molecule has 10 heteroatoms. The van der Waals surface area contributed by atoms with Crippen LogP contribution in [0.1, 0.15) is 10.4 Å². The molecule has 0 saturated carbocycles. The molecule has 1 aromatic carbocycles. The van der Waals surface area contributed by atoms with Crippen LogP contribution in [0.2, 0.25) is 0 Å². The van der Waals surface area contributed by atoms with E-state index in [1.807, 2.05) is 5.32 Å². The molecule has 0 aliphatic heterocycles. The number of nitro benzene ring substituents is 1. The van der Waals surface area contributed by atoms with Crippen molar-refractivity contribution in [3.8, 4) is 0 Å². The Morgan fingerprint density at radius 2 is 1.95 bits per heavy atom. The Balaban J connectivity index is 3.08. The predicted octanol–water partition coefficient (Wildman–Crippen LogP) is -1.91. The van der Waals surface area contributed by atoms with Gasteiger partial charge < -0.3 is 20.5 Å². The fourth-order valence-corrected chi connectivity index (χ4v) is 1.28. The second-order valence-electron chi connectivity index (χ2n) is 3.52. The lowest BCUT2D eigenvalue weighted by Gasteiger charge is -2.05. The lowest BCUT2D eigenvalue weighted by molar-refractivity contribution is -0.384. The van der Waals surface area contributed by atoms with Crippen LogP contribution in [0.15, 0.2) is 18.2 Å². The minimum Gasteiger partial charge on any atom is -0.480 e. The molecule has 0 unspecified atom stereocenters. The molecule has 0 heterocycles. The summed E-state index contributed by atoms with van der Waals surface area (Å²) < 4.78 is 0. The number of rotatable bonds is 5. The first kappa shape index (κ1) is 14.6. The normalized spacial score (nSPS) is 9.79.